The van der Waals surface area contributed by atoms with Gasteiger partial charge in [0.05, 0.1) is 10.1 Å². The Morgan fingerprint density at radius 1 is 1.32 bits per heavy atom. The van der Waals surface area contributed by atoms with Crippen LogP contribution in [0, 0.1) is 12.8 Å². The Kier molecular flexibility index (Phi) is 4.19. The maximum atomic E-state index is 12.8. The predicted molar refractivity (Wildman–Crippen MR) is 78.8 cm³/mol. The molecule has 2 unspecified atom stereocenters. The number of benzene rings is 1. The summed E-state index contributed by atoms with van der Waals surface area (Å²) in [7, 11) is -3.24. The van der Waals surface area contributed by atoms with Crippen molar-refractivity contribution in [3.05, 3.63) is 23.8 Å². The van der Waals surface area contributed by atoms with E-state index in [0.717, 1.165) is 31.2 Å². The molecule has 106 valence electrons. The van der Waals surface area contributed by atoms with Crippen LogP contribution in [0.2, 0.25) is 0 Å². The zero-order chi connectivity index (χ0) is 14.0. The summed E-state index contributed by atoms with van der Waals surface area (Å²) in [5, 5.41) is -0.230. The second-order valence-electron chi connectivity index (χ2n) is 5.63. The lowest BCUT2D eigenvalue weighted by Crippen LogP contribution is -2.28. The fourth-order valence-electron chi connectivity index (χ4n) is 3.00. The van der Waals surface area contributed by atoms with Crippen molar-refractivity contribution < 1.29 is 8.42 Å². The molecule has 1 fully saturated rings. The van der Waals surface area contributed by atoms with Gasteiger partial charge >= 0.3 is 0 Å². The Bertz CT molecular complexity index is 551. The molecule has 2 rings (SSSR count). The van der Waals surface area contributed by atoms with Crippen LogP contribution in [-0.2, 0) is 9.84 Å². The third kappa shape index (κ3) is 2.94. The summed E-state index contributed by atoms with van der Waals surface area (Å²) in [5.74, 6) is 0.551. The molecule has 0 aliphatic heterocycles. The molecule has 3 nitrogen and oxygen atoms in total. The lowest BCUT2D eigenvalue weighted by molar-refractivity contribution is 0.348. The van der Waals surface area contributed by atoms with Crippen LogP contribution >= 0.6 is 0 Å². The number of hydrogen-bond acceptors (Lipinski definition) is 3. The van der Waals surface area contributed by atoms with Gasteiger partial charge < -0.3 is 5.73 Å². The minimum Gasteiger partial charge on any atom is -0.399 e. The summed E-state index contributed by atoms with van der Waals surface area (Å²) in [5.41, 5.74) is 7.06. The lowest BCUT2D eigenvalue weighted by Gasteiger charge is -2.28. The van der Waals surface area contributed by atoms with Crippen molar-refractivity contribution in [3.63, 3.8) is 0 Å². The third-order valence-corrected chi connectivity index (χ3v) is 6.63. The van der Waals surface area contributed by atoms with Crippen LogP contribution in [0.5, 0.6) is 0 Å². The van der Waals surface area contributed by atoms with E-state index in [-0.39, 0.29) is 5.25 Å². The number of nitrogen functional groups attached to an aromatic ring is 1. The van der Waals surface area contributed by atoms with Crippen LogP contribution in [0.25, 0.3) is 0 Å². The minimum atomic E-state index is -3.24. The Hall–Kier alpha value is -1.03. The van der Waals surface area contributed by atoms with Crippen molar-refractivity contribution in [1.82, 2.24) is 0 Å². The van der Waals surface area contributed by atoms with Crippen molar-refractivity contribution in [2.75, 3.05) is 5.73 Å². The zero-order valence-electron chi connectivity index (χ0n) is 11.7. The number of nitrogens with two attached hydrogens (primary N) is 1. The van der Waals surface area contributed by atoms with E-state index in [1.165, 1.54) is 6.42 Å². The molecule has 1 saturated carbocycles. The van der Waals surface area contributed by atoms with E-state index in [0.29, 0.717) is 16.5 Å². The fraction of sp³-hybridized carbons (Fsp3) is 0.600. The van der Waals surface area contributed by atoms with E-state index < -0.39 is 9.84 Å². The van der Waals surface area contributed by atoms with Gasteiger partial charge in [0.25, 0.3) is 0 Å². The highest BCUT2D eigenvalue weighted by atomic mass is 32.2. The minimum absolute atomic E-state index is 0.230. The highest BCUT2D eigenvalue weighted by Gasteiger charge is 2.33. The Morgan fingerprint density at radius 3 is 2.74 bits per heavy atom. The summed E-state index contributed by atoms with van der Waals surface area (Å²) in [6, 6.07) is 5.16. The fourth-order valence-corrected chi connectivity index (χ4v) is 5.18. The SMILES string of the molecule is CCC1CCCC(S(=O)(=O)c2cc(N)ccc2C)C1. The molecule has 1 aliphatic rings. The number of sulfone groups is 1. The summed E-state index contributed by atoms with van der Waals surface area (Å²) in [6.07, 6.45) is 4.84. The van der Waals surface area contributed by atoms with E-state index in [9.17, 15) is 8.42 Å². The van der Waals surface area contributed by atoms with E-state index in [1.807, 2.05) is 6.92 Å². The van der Waals surface area contributed by atoms with Gasteiger partial charge in [-0.2, -0.15) is 0 Å². The summed E-state index contributed by atoms with van der Waals surface area (Å²) in [6.45, 7) is 3.98. The second kappa shape index (κ2) is 5.53. The van der Waals surface area contributed by atoms with Gasteiger partial charge in [0, 0.05) is 5.69 Å². The number of anilines is 1. The molecule has 1 aliphatic carbocycles. The maximum absolute atomic E-state index is 12.8. The monoisotopic (exact) mass is 281 g/mol. The van der Waals surface area contributed by atoms with Gasteiger partial charge in [0.15, 0.2) is 9.84 Å². The molecule has 1 aromatic carbocycles. The van der Waals surface area contributed by atoms with Gasteiger partial charge in [0.1, 0.15) is 0 Å². The van der Waals surface area contributed by atoms with E-state index >= 15 is 0 Å². The topological polar surface area (TPSA) is 60.2 Å². The van der Waals surface area contributed by atoms with Crippen molar-refractivity contribution in [3.8, 4) is 0 Å². The zero-order valence-corrected chi connectivity index (χ0v) is 12.5. The Morgan fingerprint density at radius 2 is 2.05 bits per heavy atom. The highest BCUT2D eigenvalue weighted by molar-refractivity contribution is 7.92. The van der Waals surface area contributed by atoms with Crippen molar-refractivity contribution in [1.29, 1.82) is 0 Å². The molecule has 0 spiro atoms. The predicted octanol–water partition coefficient (Wildman–Crippen LogP) is 3.32. The first-order chi connectivity index (χ1) is 8.95. The first kappa shape index (κ1) is 14.4. The molecule has 4 heteroatoms. The Balaban J connectivity index is 2.34. The molecule has 0 bridgehead atoms. The van der Waals surface area contributed by atoms with Gasteiger partial charge in [-0.05, 0) is 43.4 Å². The van der Waals surface area contributed by atoms with Gasteiger partial charge in [-0.25, -0.2) is 8.42 Å². The van der Waals surface area contributed by atoms with Crippen LogP contribution in [0.1, 0.15) is 44.6 Å². The summed E-state index contributed by atoms with van der Waals surface area (Å²) >= 11 is 0. The molecular formula is C15H23NO2S. The number of aryl methyl sites for hydroxylation is 1. The maximum Gasteiger partial charge on any atom is 0.181 e. The van der Waals surface area contributed by atoms with Crippen LogP contribution in [0.4, 0.5) is 5.69 Å². The third-order valence-electron chi connectivity index (χ3n) is 4.27. The largest absolute Gasteiger partial charge is 0.399 e. The van der Waals surface area contributed by atoms with Crippen LogP contribution in [-0.4, -0.2) is 13.7 Å². The van der Waals surface area contributed by atoms with Gasteiger partial charge in [-0.3, -0.25) is 0 Å². The van der Waals surface area contributed by atoms with Gasteiger partial charge in [-0.15, -0.1) is 0 Å². The molecule has 2 atom stereocenters. The smallest absolute Gasteiger partial charge is 0.181 e. The van der Waals surface area contributed by atoms with E-state index in [2.05, 4.69) is 6.92 Å². The van der Waals surface area contributed by atoms with Gasteiger partial charge in [-0.1, -0.05) is 32.3 Å². The van der Waals surface area contributed by atoms with Crippen molar-refractivity contribution in [2.45, 2.75) is 56.1 Å². The summed E-state index contributed by atoms with van der Waals surface area (Å²) in [4.78, 5) is 0.425. The van der Waals surface area contributed by atoms with E-state index in [4.69, 9.17) is 5.73 Å². The molecular weight excluding hydrogens is 258 g/mol. The second-order valence-corrected chi connectivity index (χ2v) is 7.83. The molecule has 0 heterocycles. The van der Waals surface area contributed by atoms with E-state index in [1.54, 1.807) is 18.2 Å². The average Bonchev–Trinajstić information content (AvgIpc) is 2.41. The molecule has 1 aromatic rings. The van der Waals surface area contributed by atoms with Crippen LogP contribution in [0.3, 0.4) is 0 Å². The van der Waals surface area contributed by atoms with Crippen molar-refractivity contribution >= 4 is 15.5 Å². The molecule has 0 saturated heterocycles. The highest BCUT2D eigenvalue weighted by Crippen LogP contribution is 2.34. The quantitative estimate of drug-likeness (QED) is 0.865. The Labute approximate surface area is 116 Å². The van der Waals surface area contributed by atoms with Crippen LogP contribution < -0.4 is 5.73 Å². The first-order valence-electron chi connectivity index (χ1n) is 7.05. The molecule has 19 heavy (non-hydrogen) atoms. The number of hydrogen-bond donors (Lipinski definition) is 1. The average molecular weight is 281 g/mol. The first-order valence-corrected chi connectivity index (χ1v) is 8.59. The van der Waals surface area contributed by atoms with Gasteiger partial charge in [0.2, 0.25) is 0 Å². The van der Waals surface area contributed by atoms with Crippen molar-refractivity contribution in [2.24, 2.45) is 5.92 Å². The molecule has 0 radical (unpaired) electrons. The summed E-state index contributed by atoms with van der Waals surface area (Å²) < 4.78 is 25.5. The lowest BCUT2D eigenvalue weighted by atomic mass is 9.87. The molecule has 2 N–H and O–H groups in total. The standard InChI is InChI=1S/C15H23NO2S/c1-3-12-5-4-6-14(9-12)19(17,18)15-10-13(16)8-7-11(15)2/h7-8,10,12,14H,3-6,9,16H2,1-2H3. The number of rotatable bonds is 3. The van der Waals surface area contributed by atoms with Crippen LogP contribution in [0.15, 0.2) is 23.1 Å². The molecule has 0 amide bonds. The molecule has 0 aromatic heterocycles. The normalized spacial score (nSPS) is 24.3.